The Morgan fingerprint density at radius 1 is 1.38 bits per heavy atom. The van der Waals surface area contributed by atoms with Crippen molar-refractivity contribution in [3.8, 4) is 6.07 Å². The Morgan fingerprint density at radius 3 is 2.81 bits per heavy atom. The lowest BCUT2D eigenvalue weighted by molar-refractivity contribution is -0.384. The molecule has 0 radical (unpaired) electrons. The third kappa shape index (κ3) is 3.34. The molecule has 0 spiro atoms. The predicted octanol–water partition coefficient (Wildman–Crippen LogP) is 3.53. The van der Waals surface area contributed by atoms with Crippen LogP contribution in [0.5, 0.6) is 0 Å². The highest BCUT2D eigenvalue weighted by Crippen LogP contribution is 2.22. The SMILES string of the molecule is Cc1c(F)cc(C#N)cc1NCc1cccc([N+](=O)[O-])c1. The van der Waals surface area contributed by atoms with Gasteiger partial charge in [0.15, 0.2) is 0 Å². The summed E-state index contributed by atoms with van der Waals surface area (Å²) in [7, 11) is 0. The van der Waals surface area contributed by atoms with Crippen LogP contribution in [-0.2, 0) is 6.54 Å². The monoisotopic (exact) mass is 285 g/mol. The van der Waals surface area contributed by atoms with E-state index in [2.05, 4.69) is 5.32 Å². The van der Waals surface area contributed by atoms with E-state index in [4.69, 9.17) is 5.26 Å². The van der Waals surface area contributed by atoms with Crippen molar-refractivity contribution in [2.24, 2.45) is 0 Å². The second kappa shape index (κ2) is 6.01. The number of nitro benzene ring substituents is 1. The highest BCUT2D eigenvalue weighted by Gasteiger charge is 2.09. The van der Waals surface area contributed by atoms with E-state index < -0.39 is 10.7 Å². The zero-order chi connectivity index (χ0) is 15.4. The van der Waals surface area contributed by atoms with Gasteiger partial charge in [0, 0.05) is 29.9 Å². The number of non-ortho nitro benzene ring substituents is 1. The zero-order valence-corrected chi connectivity index (χ0v) is 11.3. The summed E-state index contributed by atoms with van der Waals surface area (Å²) in [6, 6.07) is 10.8. The average molecular weight is 285 g/mol. The van der Waals surface area contributed by atoms with Crippen LogP contribution in [0.2, 0.25) is 0 Å². The molecule has 0 unspecified atom stereocenters. The number of nitrogens with zero attached hydrogens (tertiary/aromatic N) is 2. The summed E-state index contributed by atoms with van der Waals surface area (Å²) in [4.78, 5) is 10.2. The lowest BCUT2D eigenvalue weighted by atomic mass is 10.1. The highest BCUT2D eigenvalue weighted by molar-refractivity contribution is 5.56. The van der Waals surface area contributed by atoms with Crippen molar-refractivity contribution in [2.45, 2.75) is 13.5 Å². The molecule has 106 valence electrons. The van der Waals surface area contributed by atoms with Gasteiger partial charge in [-0.05, 0) is 24.6 Å². The minimum Gasteiger partial charge on any atom is -0.381 e. The van der Waals surface area contributed by atoms with E-state index in [1.165, 1.54) is 18.2 Å². The second-order valence-electron chi connectivity index (χ2n) is 4.52. The Balaban J connectivity index is 2.21. The predicted molar refractivity (Wildman–Crippen MR) is 76.3 cm³/mol. The van der Waals surface area contributed by atoms with Crippen LogP contribution >= 0.6 is 0 Å². The van der Waals surface area contributed by atoms with Gasteiger partial charge in [0.2, 0.25) is 0 Å². The quantitative estimate of drug-likeness (QED) is 0.688. The fraction of sp³-hybridized carbons (Fsp3) is 0.133. The summed E-state index contributed by atoms with van der Waals surface area (Å²) < 4.78 is 13.6. The van der Waals surface area contributed by atoms with Gasteiger partial charge < -0.3 is 5.32 Å². The second-order valence-corrected chi connectivity index (χ2v) is 4.52. The molecule has 2 rings (SSSR count). The van der Waals surface area contributed by atoms with Gasteiger partial charge in [0.25, 0.3) is 5.69 Å². The Morgan fingerprint density at radius 2 is 2.14 bits per heavy atom. The number of nitro groups is 1. The first-order valence-electron chi connectivity index (χ1n) is 6.18. The van der Waals surface area contributed by atoms with Gasteiger partial charge in [0.1, 0.15) is 5.82 Å². The molecule has 2 aromatic rings. The van der Waals surface area contributed by atoms with Crippen molar-refractivity contribution >= 4 is 11.4 Å². The number of halogens is 1. The minimum atomic E-state index is -0.468. The standard InChI is InChI=1S/C15H12FN3O2/c1-10-14(16)6-12(8-17)7-15(10)18-9-11-3-2-4-13(5-11)19(20)21/h2-7,18H,9H2,1H3. The van der Waals surface area contributed by atoms with Crippen molar-refractivity contribution in [1.82, 2.24) is 0 Å². The Labute approximate surface area is 120 Å². The largest absolute Gasteiger partial charge is 0.381 e. The van der Waals surface area contributed by atoms with Gasteiger partial charge in [-0.2, -0.15) is 5.26 Å². The topological polar surface area (TPSA) is 79.0 Å². The lowest BCUT2D eigenvalue weighted by Gasteiger charge is -2.11. The molecule has 1 N–H and O–H groups in total. The van der Waals surface area contributed by atoms with Gasteiger partial charge in [-0.25, -0.2) is 4.39 Å². The number of nitriles is 1. The summed E-state index contributed by atoms with van der Waals surface area (Å²) in [6.45, 7) is 1.91. The van der Waals surface area contributed by atoms with Gasteiger partial charge in [0.05, 0.1) is 16.6 Å². The number of hydrogen-bond donors (Lipinski definition) is 1. The molecule has 21 heavy (non-hydrogen) atoms. The van der Waals surface area contributed by atoms with Crippen molar-refractivity contribution in [3.63, 3.8) is 0 Å². The number of rotatable bonds is 4. The van der Waals surface area contributed by atoms with E-state index in [-0.39, 0.29) is 11.3 Å². The minimum absolute atomic E-state index is 0.00276. The molecular formula is C15H12FN3O2. The molecule has 0 amide bonds. The van der Waals surface area contributed by atoms with Crippen LogP contribution in [0.3, 0.4) is 0 Å². The molecule has 2 aromatic carbocycles. The molecule has 0 saturated carbocycles. The van der Waals surface area contributed by atoms with Crippen LogP contribution in [0.25, 0.3) is 0 Å². The van der Waals surface area contributed by atoms with Crippen LogP contribution in [-0.4, -0.2) is 4.92 Å². The van der Waals surface area contributed by atoms with Gasteiger partial charge in [-0.1, -0.05) is 12.1 Å². The van der Waals surface area contributed by atoms with E-state index in [0.717, 1.165) is 0 Å². The first-order chi connectivity index (χ1) is 10.0. The summed E-state index contributed by atoms with van der Waals surface area (Å²) in [5.41, 5.74) is 1.83. The maximum Gasteiger partial charge on any atom is 0.269 e. The van der Waals surface area contributed by atoms with Crippen molar-refractivity contribution in [1.29, 1.82) is 5.26 Å². The molecule has 0 aliphatic rings. The third-order valence-electron chi connectivity index (χ3n) is 3.08. The molecule has 0 aliphatic heterocycles. The van der Waals surface area contributed by atoms with Crippen LogP contribution in [0.4, 0.5) is 15.8 Å². The number of anilines is 1. The third-order valence-corrected chi connectivity index (χ3v) is 3.08. The van der Waals surface area contributed by atoms with E-state index in [0.29, 0.717) is 23.4 Å². The molecule has 0 fully saturated rings. The van der Waals surface area contributed by atoms with E-state index in [1.807, 2.05) is 6.07 Å². The number of nitrogens with one attached hydrogen (secondary N) is 1. The Bertz CT molecular complexity index is 738. The van der Waals surface area contributed by atoms with E-state index >= 15 is 0 Å². The maximum atomic E-state index is 13.6. The smallest absolute Gasteiger partial charge is 0.269 e. The van der Waals surface area contributed by atoms with Crippen LogP contribution < -0.4 is 5.32 Å². The van der Waals surface area contributed by atoms with Crippen molar-refractivity contribution in [2.75, 3.05) is 5.32 Å². The highest BCUT2D eigenvalue weighted by atomic mass is 19.1. The molecule has 0 saturated heterocycles. The van der Waals surface area contributed by atoms with Crippen molar-refractivity contribution in [3.05, 3.63) is 69.0 Å². The summed E-state index contributed by atoms with van der Waals surface area (Å²) in [5.74, 6) is -0.462. The summed E-state index contributed by atoms with van der Waals surface area (Å²) in [5, 5.41) is 22.5. The Kier molecular flexibility index (Phi) is 4.14. The molecule has 0 aromatic heterocycles. The van der Waals surface area contributed by atoms with Gasteiger partial charge >= 0.3 is 0 Å². The summed E-state index contributed by atoms with van der Waals surface area (Å²) in [6.07, 6.45) is 0. The molecule has 0 heterocycles. The molecule has 0 bridgehead atoms. The van der Waals surface area contributed by atoms with Crippen LogP contribution in [0, 0.1) is 34.2 Å². The first-order valence-corrected chi connectivity index (χ1v) is 6.18. The zero-order valence-electron chi connectivity index (χ0n) is 11.3. The fourth-order valence-corrected chi connectivity index (χ4v) is 1.90. The van der Waals surface area contributed by atoms with Gasteiger partial charge in [-0.3, -0.25) is 10.1 Å². The molecular weight excluding hydrogens is 273 g/mol. The average Bonchev–Trinajstić information content (AvgIpc) is 2.48. The van der Waals surface area contributed by atoms with Crippen molar-refractivity contribution < 1.29 is 9.31 Å². The maximum absolute atomic E-state index is 13.6. The Hall–Kier alpha value is -2.94. The van der Waals surface area contributed by atoms with Gasteiger partial charge in [-0.15, -0.1) is 0 Å². The fourth-order valence-electron chi connectivity index (χ4n) is 1.90. The van der Waals surface area contributed by atoms with Crippen LogP contribution in [0.15, 0.2) is 36.4 Å². The summed E-state index contributed by atoms with van der Waals surface area (Å²) >= 11 is 0. The molecule has 0 aliphatic carbocycles. The lowest BCUT2D eigenvalue weighted by Crippen LogP contribution is -2.03. The van der Waals surface area contributed by atoms with Crippen LogP contribution in [0.1, 0.15) is 16.7 Å². The van der Waals surface area contributed by atoms with E-state index in [9.17, 15) is 14.5 Å². The molecule has 0 atom stereocenters. The number of hydrogen-bond acceptors (Lipinski definition) is 4. The molecule has 6 heteroatoms. The molecule has 5 nitrogen and oxygen atoms in total. The normalized spacial score (nSPS) is 9.95. The number of benzene rings is 2. The van der Waals surface area contributed by atoms with E-state index in [1.54, 1.807) is 25.1 Å². The first kappa shape index (κ1) is 14.5.